The molecule has 1 aromatic carbocycles. The number of nitrogens with one attached hydrogen (secondary N) is 1. The number of benzene rings is 1. The smallest absolute Gasteiger partial charge is 0.189 e. The van der Waals surface area contributed by atoms with Crippen molar-refractivity contribution in [1.29, 1.82) is 0 Å². The van der Waals surface area contributed by atoms with Gasteiger partial charge in [-0.05, 0) is 24.6 Å². The summed E-state index contributed by atoms with van der Waals surface area (Å²) in [6.45, 7) is 7.33. The van der Waals surface area contributed by atoms with E-state index in [4.69, 9.17) is 9.47 Å². The van der Waals surface area contributed by atoms with E-state index >= 15 is 0 Å². The van der Waals surface area contributed by atoms with Gasteiger partial charge in [0.25, 0.3) is 0 Å². The van der Waals surface area contributed by atoms with Crippen LogP contribution in [0.4, 0.5) is 4.39 Å². The molecule has 0 heterocycles. The van der Waals surface area contributed by atoms with Crippen LogP contribution in [0.1, 0.15) is 26.3 Å². The maximum Gasteiger partial charge on any atom is 0.189 e. The molecule has 4 heteroatoms. The van der Waals surface area contributed by atoms with Gasteiger partial charge in [0, 0.05) is 25.3 Å². The molecule has 1 rings (SSSR count). The predicted octanol–water partition coefficient (Wildman–Crippen LogP) is 2.70. The zero-order chi connectivity index (χ0) is 12.7. The average molecular weight is 241 g/mol. The van der Waals surface area contributed by atoms with Crippen LogP contribution in [0, 0.1) is 5.82 Å². The third kappa shape index (κ3) is 5.65. The Bertz CT molecular complexity index is 342. The van der Waals surface area contributed by atoms with Crippen molar-refractivity contribution in [1.82, 2.24) is 5.32 Å². The minimum Gasteiger partial charge on any atom is -0.467 e. The molecule has 0 aliphatic carbocycles. The second-order valence-electron chi connectivity index (χ2n) is 4.09. The van der Waals surface area contributed by atoms with E-state index in [1.807, 2.05) is 26.8 Å². The first-order valence-electron chi connectivity index (χ1n) is 5.85. The summed E-state index contributed by atoms with van der Waals surface area (Å²) in [5.41, 5.74) is 0.866. The molecular weight excluding hydrogens is 221 g/mol. The maximum atomic E-state index is 13.3. The van der Waals surface area contributed by atoms with Crippen LogP contribution in [0.3, 0.4) is 0 Å². The van der Waals surface area contributed by atoms with Crippen LogP contribution < -0.4 is 10.1 Å². The highest BCUT2D eigenvalue weighted by molar-refractivity contribution is 5.29. The van der Waals surface area contributed by atoms with Crippen LogP contribution in [0.15, 0.2) is 18.2 Å². The molecule has 0 aliphatic heterocycles. The van der Waals surface area contributed by atoms with Gasteiger partial charge in [-0.15, -0.1) is 0 Å². The quantitative estimate of drug-likeness (QED) is 0.588. The Morgan fingerprint density at radius 2 is 2.06 bits per heavy atom. The standard InChI is InChI=1S/C13H20FNO2/c1-4-16-9-17-13-6-11(5-12(14)7-13)8-15-10(2)3/h5-7,10,15H,4,8-9H2,1-3H3. The van der Waals surface area contributed by atoms with E-state index in [2.05, 4.69) is 5.32 Å². The zero-order valence-electron chi connectivity index (χ0n) is 10.6. The van der Waals surface area contributed by atoms with E-state index in [1.165, 1.54) is 12.1 Å². The molecule has 1 aromatic rings. The number of ether oxygens (including phenoxy) is 2. The molecule has 0 aromatic heterocycles. The Kier molecular flexibility index (Phi) is 5.94. The highest BCUT2D eigenvalue weighted by Crippen LogP contribution is 2.16. The van der Waals surface area contributed by atoms with Crippen LogP contribution >= 0.6 is 0 Å². The van der Waals surface area contributed by atoms with E-state index in [0.717, 1.165) is 5.56 Å². The summed E-state index contributed by atoms with van der Waals surface area (Å²) in [6, 6.07) is 5.05. The van der Waals surface area contributed by atoms with E-state index in [0.29, 0.717) is 24.9 Å². The lowest BCUT2D eigenvalue weighted by atomic mass is 10.2. The molecule has 0 spiro atoms. The third-order valence-corrected chi connectivity index (χ3v) is 2.16. The minimum absolute atomic E-state index is 0.150. The molecule has 0 aliphatic rings. The fourth-order valence-electron chi connectivity index (χ4n) is 1.32. The summed E-state index contributed by atoms with van der Waals surface area (Å²) >= 11 is 0. The lowest BCUT2D eigenvalue weighted by Gasteiger charge is -2.11. The largest absolute Gasteiger partial charge is 0.467 e. The third-order valence-electron chi connectivity index (χ3n) is 2.16. The fraction of sp³-hybridized carbons (Fsp3) is 0.538. The van der Waals surface area contributed by atoms with Crippen LogP contribution in [-0.4, -0.2) is 19.4 Å². The minimum atomic E-state index is -0.292. The first-order chi connectivity index (χ1) is 8.11. The van der Waals surface area contributed by atoms with Crippen molar-refractivity contribution < 1.29 is 13.9 Å². The van der Waals surface area contributed by atoms with Gasteiger partial charge in [-0.1, -0.05) is 13.8 Å². The van der Waals surface area contributed by atoms with Gasteiger partial charge in [0.2, 0.25) is 0 Å². The summed E-state index contributed by atoms with van der Waals surface area (Å²) in [6.07, 6.45) is 0. The van der Waals surface area contributed by atoms with Crippen molar-refractivity contribution in [2.24, 2.45) is 0 Å². The van der Waals surface area contributed by atoms with Crippen LogP contribution in [0.5, 0.6) is 5.75 Å². The number of halogens is 1. The molecule has 0 amide bonds. The van der Waals surface area contributed by atoms with E-state index in [-0.39, 0.29) is 12.6 Å². The van der Waals surface area contributed by atoms with Crippen molar-refractivity contribution in [3.8, 4) is 5.75 Å². The topological polar surface area (TPSA) is 30.5 Å². The molecule has 0 radical (unpaired) electrons. The van der Waals surface area contributed by atoms with Crippen molar-refractivity contribution >= 4 is 0 Å². The van der Waals surface area contributed by atoms with Gasteiger partial charge in [-0.3, -0.25) is 0 Å². The van der Waals surface area contributed by atoms with E-state index < -0.39 is 0 Å². The number of hydrogen-bond donors (Lipinski definition) is 1. The van der Waals surface area contributed by atoms with Crippen molar-refractivity contribution in [2.75, 3.05) is 13.4 Å². The molecule has 0 atom stereocenters. The van der Waals surface area contributed by atoms with Gasteiger partial charge in [0.15, 0.2) is 6.79 Å². The Hall–Kier alpha value is -1.13. The Labute approximate surface area is 102 Å². The molecule has 0 saturated heterocycles. The fourth-order valence-corrected chi connectivity index (χ4v) is 1.32. The first kappa shape index (κ1) is 13.9. The second kappa shape index (κ2) is 7.25. The molecule has 0 unspecified atom stereocenters. The normalized spacial score (nSPS) is 10.9. The van der Waals surface area contributed by atoms with Gasteiger partial charge in [-0.2, -0.15) is 0 Å². The van der Waals surface area contributed by atoms with Crippen LogP contribution in [0.25, 0.3) is 0 Å². The summed E-state index contributed by atoms with van der Waals surface area (Å²) in [4.78, 5) is 0. The Balaban J connectivity index is 2.59. The molecule has 0 saturated carbocycles. The number of hydrogen-bond acceptors (Lipinski definition) is 3. The SMILES string of the molecule is CCOCOc1cc(F)cc(CNC(C)C)c1. The summed E-state index contributed by atoms with van der Waals surface area (Å²) in [5.74, 6) is 0.207. The van der Waals surface area contributed by atoms with Gasteiger partial charge in [-0.25, -0.2) is 4.39 Å². The van der Waals surface area contributed by atoms with Crippen molar-refractivity contribution in [3.63, 3.8) is 0 Å². The van der Waals surface area contributed by atoms with Crippen molar-refractivity contribution in [2.45, 2.75) is 33.4 Å². The molecule has 17 heavy (non-hydrogen) atoms. The Morgan fingerprint density at radius 3 is 2.71 bits per heavy atom. The predicted molar refractivity (Wildman–Crippen MR) is 65.5 cm³/mol. The van der Waals surface area contributed by atoms with Gasteiger partial charge < -0.3 is 14.8 Å². The number of rotatable bonds is 7. The lowest BCUT2D eigenvalue weighted by molar-refractivity contribution is 0.0222. The monoisotopic (exact) mass is 241 g/mol. The maximum absolute atomic E-state index is 13.3. The average Bonchev–Trinajstić information content (AvgIpc) is 2.26. The van der Waals surface area contributed by atoms with Gasteiger partial charge >= 0.3 is 0 Å². The lowest BCUT2D eigenvalue weighted by Crippen LogP contribution is -2.21. The molecule has 96 valence electrons. The van der Waals surface area contributed by atoms with Crippen LogP contribution in [0.2, 0.25) is 0 Å². The molecule has 1 N–H and O–H groups in total. The van der Waals surface area contributed by atoms with Gasteiger partial charge in [0.05, 0.1) is 0 Å². The second-order valence-corrected chi connectivity index (χ2v) is 4.09. The Morgan fingerprint density at radius 1 is 1.29 bits per heavy atom. The summed E-state index contributed by atoms with van der Waals surface area (Å²) < 4.78 is 23.7. The van der Waals surface area contributed by atoms with Crippen molar-refractivity contribution in [3.05, 3.63) is 29.6 Å². The zero-order valence-corrected chi connectivity index (χ0v) is 10.6. The summed E-state index contributed by atoms with van der Waals surface area (Å²) in [5, 5.41) is 3.23. The first-order valence-corrected chi connectivity index (χ1v) is 5.85. The van der Waals surface area contributed by atoms with Gasteiger partial charge in [0.1, 0.15) is 11.6 Å². The molecule has 0 fully saturated rings. The molecule has 0 bridgehead atoms. The van der Waals surface area contributed by atoms with E-state index in [9.17, 15) is 4.39 Å². The van der Waals surface area contributed by atoms with E-state index in [1.54, 1.807) is 0 Å². The summed E-state index contributed by atoms with van der Waals surface area (Å²) in [7, 11) is 0. The molecule has 3 nitrogen and oxygen atoms in total. The molecular formula is C13H20FNO2. The van der Waals surface area contributed by atoms with Crippen LogP contribution in [-0.2, 0) is 11.3 Å². The highest BCUT2D eigenvalue weighted by Gasteiger charge is 2.02. The highest BCUT2D eigenvalue weighted by atomic mass is 19.1.